The van der Waals surface area contributed by atoms with Crippen molar-refractivity contribution in [3.63, 3.8) is 0 Å². The molecular formula is C19H25ClN3O2+. The van der Waals surface area contributed by atoms with E-state index in [1.165, 1.54) is 10.6 Å². The number of hydrogen-bond donors (Lipinski definition) is 2. The molecule has 2 N–H and O–H groups in total. The molecule has 2 heterocycles. The number of quaternary nitrogens is 1. The fraction of sp³-hybridized carbons (Fsp3) is 0.421. The lowest BCUT2D eigenvalue weighted by Gasteiger charge is -2.21. The van der Waals surface area contributed by atoms with E-state index in [2.05, 4.69) is 35.3 Å². The third-order valence-electron chi connectivity index (χ3n) is 4.72. The van der Waals surface area contributed by atoms with Crippen molar-refractivity contribution in [3.8, 4) is 5.75 Å². The second-order valence-corrected chi connectivity index (χ2v) is 6.91. The molecule has 1 saturated heterocycles. The molecule has 1 aliphatic rings. The molecule has 6 heteroatoms. The van der Waals surface area contributed by atoms with Crippen LogP contribution in [0.1, 0.15) is 24.6 Å². The molecule has 1 aliphatic heterocycles. The molecule has 0 spiro atoms. The van der Waals surface area contributed by atoms with Crippen LogP contribution in [0.3, 0.4) is 0 Å². The molecule has 0 aliphatic carbocycles. The fourth-order valence-electron chi connectivity index (χ4n) is 3.48. The molecular weight excluding hydrogens is 338 g/mol. The quantitative estimate of drug-likeness (QED) is 0.735. The molecule has 134 valence electrons. The van der Waals surface area contributed by atoms with Crippen LogP contribution in [0, 0.1) is 0 Å². The number of aromatic nitrogens is 1. The van der Waals surface area contributed by atoms with Crippen LogP contribution >= 0.6 is 11.6 Å². The van der Waals surface area contributed by atoms with Crippen molar-refractivity contribution in [2.75, 3.05) is 26.2 Å². The van der Waals surface area contributed by atoms with Crippen LogP contribution in [0.25, 0.3) is 0 Å². The van der Waals surface area contributed by atoms with Crippen LogP contribution in [-0.2, 0) is 11.8 Å². The van der Waals surface area contributed by atoms with Gasteiger partial charge in [-0.2, -0.15) is 0 Å². The highest BCUT2D eigenvalue weighted by molar-refractivity contribution is 6.30. The van der Waals surface area contributed by atoms with Gasteiger partial charge in [0, 0.05) is 31.1 Å². The molecule has 0 radical (unpaired) electrons. The summed E-state index contributed by atoms with van der Waals surface area (Å²) in [6.45, 7) is 2.51. The van der Waals surface area contributed by atoms with E-state index in [0.29, 0.717) is 30.8 Å². The number of ether oxygens (including phenoxy) is 1. The maximum atomic E-state index is 12.2. The lowest BCUT2D eigenvalue weighted by atomic mass is 10.1. The number of aryl methyl sites for hydroxylation is 1. The molecule has 3 rings (SSSR count). The number of nitrogens with one attached hydrogen (secondary N) is 2. The lowest BCUT2D eigenvalue weighted by Crippen LogP contribution is -3.11. The Morgan fingerprint density at radius 1 is 1.36 bits per heavy atom. The third-order valence-corrected chi connectivity index (χ3v) is 4.97. The zero-order valence-electron chi connectivity index (χ0n) is 14.5. The average Bonchev–Trinajstić information content (AvgIpc) is 3.21. The number of carbonyl (C=O) groups is 1. The Balaban J connectivity index is 1.41. The Morgan fingerprint density at radius 3 is 2.88 bits per heavy atom. The molecule has 25 heavy (non-hydrogen) atoms. The van der Waals surface area contributed by atoms with Crippen molar-refractivity contribution in [1.29, 1.82) is 0 Å². The molecule has 1 unspecified atom stereocenters. The van der Waals surface area contributed by atoms with Crippen molar-refractivity contribution >= 4 is 17.5 Å². The van der Waals surface area contributed by atoms with Crippen LogP contribution in [0.2, 0.25) is 5.02 Å². The number of hydrogen-bond acceptors (Lipinski definition) is 2. The van der Waals surface area contributed by atoms with Gasteiger partial charge in [0.1, 0.15) is 18.4 Å². The molecule has 1 fully saturated rings. The van der Waals surface area contributed by atoms with Crippen molar-refractivity contribution in [2.45, 2.75) is 18.9 Å². The Morgan fingerprint density at radius 2 is 2.16 bits per heavy atom. The van der Waals surface area contributed by atoms with Gasteiger partial charge in [0.2, 0.25) is 0 Å². The molecule has 2 atom stereocenters. The minimum absolute atomic E-state index is 0.0795. The van der Waals surface area contributed by atoms with E-state index in [9.17, 15) is 4.79 Å². The number of benzene rings is 1. The first-order valence-corrected chi connectivity index (χ1v) is 9.12. The van der Waals surface area contributed by atoms with E-state index >= 15 is 0 Å². The summed E-state index contributed by atoms with van der Waals surface area (Å²) in [5, 5.41) is 3.64. The Bertz CT molecular complexity index is 699. The monoisotopic (exact) mass is 362 g/mol. The predicted octanol–water partition coefficient (Wildman–Crippen LogP) is 1.59. The molecule has 0 bridgehead atoms. The highest BCUT2D eigenvalue weighted by Crippen LogP contribution is 2.18. The predicted molar refractivity (Wildman–Crippen MR) is 98.0 cm³/mol. The number of carbonyl (C=O) groups excluding carboxylic acids is 1. The van der Waals surface area contributed by atoms with Crippen LogP contribution in [0.4, 0.5) is 0 Å². The standard InChI is InChI=1S/C19H24ClN3O2/c1-22-11-2-4-17(22)18-5-3-12-23(18)14-19(24)21-10-13-25-16-8-6-15(20)7-9-16/h2,4,6-9,11,18H,3,5,10,12-14H2,1H3,(H,21,24)/p+1/t18-/m1/s1. The molecule has 0 saturated carbocycles. The molecule has 1 amide bonds. The minimum Gasteiger partial charge on any atom is -0.492 e. The highest BCUT2D eigenvalue weighted by atomic mass is 35.5. The van der Waals surface area contributed by atoms with E-state index in [4.69, 9.17) is 16.3 Å². The summed E-state index contributed by atoms with van der Waals surface area (Å²) in [4.78, 5) is 13.6. The SMILES string of the molecule is Cn1cccc1[C@H]1CCC[NH+]1CC(=O)NCCOc1ccc(Cl)cc1. The normalized spacial score (nSPS) is 19.8. The third kappa shape index (κ3) is 4.77. The van der Waals surface area contributed by atoms with Crippen LogP contribution in [-0.4, -0.2) is 36.7 Å². The average molecular weight is 363 g/mol. The van der Waals surface area contributed by atoms with Crippen LogP contribution < -0.4 is 15.0 Å². The number of amides is 1. The van der Waals surface area contributed by atoms with E-state index in [0.717, 1.165) is 25.1 Å². The number of nitrogens with zero attached hydrogens (tertiary/aromatic N) is 1. The summed E-state index contributed by atoms with van der Waals surface area (Å²) < 4.78 is 7.75. The number of rotatable bonds is 7. The first-order chi connectivity index (χ1) is 12.1. The molecule has 1 aromatic carbocycles. The maximum Gasteiger partial charge on any atom is 0.275 e. The fourth-order valence-corrected chi connectivity index (χ4v) is 3.60. The smallest absolute Gasteiger partial charge is 0.275 e. The summed E-state index contributed by atoms with van der Waals surface area (Å²) >= 11 is 5.84. The van der Waals surface area contributed by atoms with Gasteiger partial charge >= 0.3 is 0 Å². The number of halogens is 1. The van der Waals surface area contributed by atoms with Gasteiger partial charge in [0.15, 0.2) is 6.54 Å². The topological polar surface area (TPSA) is 47.7 Å². The summed E-state index contributed by atoms with van der Waals surface area (Å²) in [6, 6.07) is 11.9. The summed E-state index contributed by atoms with van der Waals surface area (Å²) in [5.74, 6) is 0.836. The zero-order valence-corrected chi connectivity index (χ0v) is 15.3. The second kappa shape index (κ2) is 8.41. The molecule has 2 aromatic rings. The zero-order chi connectivity index (χ0) is 17.6. The Labute approximate surface area is 153 Å². The lowest BCUT2D eigenvalue weighted by molar-refractivity contribution is -0.911. The van der Waals surface area contributed by atoms with Gasteiger partial charge in [-0.25, -0.2) is 0 Å². The van der Waals surface area contributed by atoms with Crippen LogP contribution in [0.5, 0.6) is 5.75 Å². The van der Waals surface area contributed by atoms with Crippen LogP contribution in [0.15, 0.2) is 42.6 Å². The molecule has 5 nitrogen and oxygen atoms in total. The van der Waals surface area contributed by atoms with Crippen molar-refractivity contribution in [3.05, 3.63) is 53.3 Å². The van der Waals surface area contributed by atoms with Gasteiger partial charge in [-0.05, 0) is 36.4 Å². The maximum absolute atomic E-state index is 12.2. The summed E-state index contributed by atoms with van der Waals surface area (Å²) in [7, 11) is 2.07. The van der Waals surface area contributed by atoms with Gasteiger partial charge in [0.25, 0.3) is 5.91 Å². The molecule has 1 aromatic heterocycles. The highest BCUT2D eigenvalue weighted by Gasteiger charge is 2.32. The van der Waals surface area contributed by atoms with Crippen molar-refractivity contribution in [2.24, 2.45) is 7.05 Å². The summed E-state index contributed by atoms with van der Waals surface area (Å²) in [6.07, 6.45) is 4.37. The van der Waals surface area contributed by atoms with E-state index < -0.39 is 0 Å². The van der Waals surface area contributed by atoms with E-state index in [1.54, 1.807) is 12.1 Å². The van der Waals surface area contributed by atoms with Gasteiger partial charge in [-0.1, -0.05) is 11.6 Å². The first kappa shape index (κ1) is 17.8. The minimum atomic E-state index is 0.0795. The van der Waals surface area contributed by atoms with Crippen molar-refractivity contribution in [1.82, 2.24) is 9.88 Å². The Hall–Kier alpha value is -1.98. The van der Waals surface area contributed by atoms with Gasteiger partial charge in [-0.15, -0.1) is 0 Å². The van der Waals surface area contributed by atoms with Gasteiger partial charge < -0.3 is 19.5 Å². The second-order valence-electron chi connectivity index (χ2n) is 6.48. The van der Waals surface area contributed by atoms with E-state index in [-0.39, 0.29) is 5.91 Å². The van der Waals surface area contributed by atoms with Crippen molar-refractivity contribution < 1.29 is 14.4 Å². The Kier molecular flexibility index (Phi) is 6.00. The number of likely N-dealkylation sites (tertiary alicyclic amines) is 1. The first-order valence-electron chi connectivity index (χ1n) is 8.74. The van der Waals surface area contributed by atoms with Gasteiger partial charge in [0.05, 0.1) is 18.8 Å². The largest absolute Gasteiger partial charge is 0.492 e. The van der Waals surface area contributed by atoms with Gasteiger partial charge in [-0.3, -0.25) is 4.79 Å². The van der Waals surface area contributed by atoms with E-state index in [1.807, 2.05) is 12.1 Å². The summed E-state index contributed by atoms with van der Waals surface area (Å²) in [5.41, 5.74) is 1.31.